The summed E-state index contributed by atoms with van der Waals surface area (Å²) in [7, 11) is 0. The number of nitrogens with zero attached hydrogens (tertiary/aromatic N) is 1. The fourth-order valence-electron chi connectivity index (χ4n) is 4.16. The van der Waals surface area contributed by atoms with Crippen LogP contribution in [-0.2, 0) is 9.59 Å². The van der Waals surface area contributed by atoms with Crippen molar-refractivity contribution in [3.05, 3.63) is 24.0 Å². The van der Waals surface area contributed by atoms with Gasteiger partial charge < -0.3 is 10.4 Å². The molecule has 1 aromatic carbocycles. The van der Waals surface area contributed by atoms with Crippen molar-refractivity contribution < 1.29 is 19.1 Å². The van der Waals surface area contributed by atoms with Crippen molar-refractivity contribution in [1.29, 1.82) is 0 Å². The first-order valence-electron chi connectivity index (χ1n) is 7.62. The van der Waals surface area contributed by atoms with Crippen molar-refractivity contribution >= 4 is 38.6 Å². The van der Waals surface area contributed by atoms with Gasteiger partial charge in [-0.1, -0.05) is 11.3 Å². The van der Waals surface area contributed by atoms with E-state index >= 15 is 0 Å². The Kier molecular flexibility index (Phi) is 3.33. The molecule has 4 atom stereocenters. The normalized spacial score (nSPS) is 29.1. The molecule has 23 heavy (non-hydrogen) atoms. The Balaban J connectivity index is 1.57. The van der Waals surface area contributed by atoms with Crippen molar-refractivity contribution in [2.75, 3.05) is 5.32 Å². The maximum atomic E-state index is 13.2. The number of thiazole rings is 1. The first kappa shape index (κ1) is 14.6. The number of carboxylic acid groups (broad SMARTS) is 1. The summed E-state index contributed by atoms with van der Waals surface area (Å²) in [6.45, 7) is 0. The van der Waals surface area contributed by atoms with Crippen molar-refractivity contribution in [1.82, 2.24) is 4.98 Å². The van der Waals surface area contributed by atoms with Crippen LogP contribution in [0.1, 0.15) is 19.3 Å². The Hall–Kier alpha value is -2.02. The van der Waals surface area contributed by atoms with Gasteiger partial charge in [-0.2, -0.15) is 0 Å². The zero-order valence-corrected chi connectivity index (χ0v) is 13.0. The van der Waals surface area contributed by atoms with Crippen LogP contribution < -0.4 is 5.32 Å². The molecule has 2 aliphatic carbocycles. The molecule has 1 amide bonds. The minimum Gasteiger partial charge on any atom is -0.481 e. The van der Waals surface area contributed by atoms with Crippen molar-refractivity contribution in [2.45, 2.75) is 19.3 Å². The third kappa shape index (κ3) is 2.39. The van der Waals surface area contributed by atoms with Gasteiger partial charge in [0.2, 0.25) is 5.91 Å². The summed E-state index contributed by atoms with van der Waals surface area (Å²) in [5, 5.41) is 12.6. The maximum absolute atomic E-state index is 13.2. The predicted octanol–water partition coefficient (Wildman–Crippen LogP) is 3.12. The highest BCUT2D eigenvalue weighted by Crippen LogP contribution is 2.52. The zero-order chi connectivity index (χ0) is 16.1. The van der Waals surface area contributed by atoms with E-state index in [2.05, 4.69) is 10.3 Å². The number of carboxylic acids is 1. The molecule has 120 valence electrons. The number of benzene rings is 1. The summed E-state index contributed by atoms with van der Waals surface area (Å²) in [6.07, 6.45) is 2.63. The summed E-state index contributed by atoms with van der Waals surface area (Å²) in [6, 6.07) is 4.26. The number of anilines is 1. The molecule has 1 aromatic heterocycles. The van der Waals surface area contributed by atoms with Gasteiger partial charge in [0, 0.05) is 0 Å². The molecule has 2 fully saturated rings. The zero-order valence-electron chi connectivity index (χ0n) is 12.2. The molecule has 2 bridgehead atoms. The SMILES string of the molecule is O=C(O)[C@H]1[C@H]2CC[C@H](C2)[C@@H]1C(=O)Nc1nc2ccc(F)cc2s1. The number of nitrogens with one attached hydrogen (secondary N) is 1. The molecule has 2 aliphatic rings. The number of fused-ring (bicyclic) bond motifs is 3. The number of carbonyl (C=O) groups is 2. The second-order valence-electron chi connectivity index (χ2n) is 6.34. The lowest BCUT2D eigenvalue weighted by atomic mass is 9.79. The third-order valence-corrected chi connectivity index (χ3v) is 6.02. The number of aromatic nitrogens is 1. The van der Waals surface area contributed by atoms with Crippen LogP contribution in [0.2, 0.25) is 0 Å². The second kappa shape index (κ2) is 5.26. The molecule has 0 radical (unpaired) electrons. The number of hydrogen-bond acceptors (Lipinski definition) is 4. The van der Waals surface area contributed by atoms with E-state index < -0.39 is 17.8 Å². The summed E-state index contributed by atoms with van der Waals surface area (Å²) < 4.78 is 13.9. The number of rotatable bonds is 3. The minimum absolute atomic E-state index is 0.109. The van der Waals surface area contributed by atoms with Crippen LogP contribution in [0.5, 0.6) is 0 Å². The number of aliphatic carboxylic acids is 1. The molecular formula is C16H15FN2O3S. The lowest BCUT2D eigenvalue weighted by Gasteiger charge is -2.26. The smallest absolute Gasteiger partial charge is 0.307 e. The summed E-state index contributed by atoms with van der Waals surface area (Å²) in [5.41, 5.74) is 0.620. The lowest BCUT2D eigenvalue weighted by Crippen LogP contribution is -2.37. The van der Waals surface area contributed by atoms with Crippen LogP contribution in [0.25, 0.3) is 10.2 Å². The number of amides is 1. The monoisotopic (exact) mass is 334 g/mol. The van der Waals surface area contributed by atoms with E-state index in [9.17, 15) is 19.1 Å². The van der Waals surface area contributed by atoms with E-state index in [0.29, 0.717) is 15.3 Å². The molecular weight excluding hydrogens is 319 g/mol. The van der Waals surface area contributed by atoms with Crippen molar-refractivity contribution in [3.8, 4) is 0 Å². The predicted molar refractivity (Wildman–Crippen MR) is 83.7 cm³/mol. The van der Waals surface area contributed by atoms with Gasteiger partial charge in [-0.05, 0) is 49.3 Å². The number of halogens is 1. The Morgan fingerprint density at radius 3 is 2.74 bits per heavy atom. The molecule has 2 aromatic rings. The van der Waals surface area contributed by atoms with Crippen LogP contribution in [0.15, 0.2) is 18.2 Å². The van der Waals surface area contributed by atoms with Crippen LogP contribution in [0, 0.1) is 29.5 Å². The summed E-state index contributed by atoms with van der Waals surface area (Å²) in [4.78, 5) is 28.4. The van der Waals surface area contributed by atoms with Gasteiger partial charge >= 0.3 is 5.97 Å². The number of carbonyl (C=O) groups excluding carboxylic acids is 1. The highest BCUT2D eigenvalue weighted by molar-refractivity contribution is 7.22. The summed E-state index contributed by atoms with van der Waals surface area (Å²) in [5.74, 6) is -2.34. The average Bonchev–Trinajstić information content (AvgIpc) is 3.18. The molecule has 0 spiro atoms. The van der Waals surface area contributed by atoms with Gasteiger partial charge in [0.1, 0.15) is 5.82 Å². The molecule has 4 rings (SSSR count). The first-order chi connectivity index (χ1) is 11.0. The molecule has 0 aliphatic heterocycles. The van der Waals surface area contributed by atoms with Crippen LogP contribution in [0.4, 0.5) is 9.52 Å². The minimum atomic E-state index is -0.885. The van der Waals surface area contributed by atoms with E-state index in [4.69, 9.17) is 0 Å². The van der Waals surface area contributed by atoms with Gasteiger partial charge in [0.15, 0.2) is 5.13 Å². The molecule has 1 heterocycles. The van der Waals surface area contributed by atoms with E-state index in [0.717, 1.165) is 19.3 Å². The average molecular weight is 334 g/mol. The van der Waals surface area contributed by atoms with Gasteiger partial charge in [-0.3, -0.25) is 9.59 Å². The van der Waals surface area contributed by atoms with Crippen molar-refractivity contribution in [2.24, 2.45) is 23.7 Å². The van der Waals surface area contributed by atoms with E-state index in [1.165, 1.54) is 23.5 Å². The maximum Gasteiger partial charge on any atom is 0.307 e. The highest BCUT2D eigenvalue weighted by atomic mass is 32.1. The quantitative estimate of drug-likeness (QED) is 0.904. The summed E-state index contributed by atoms with van der Waals surface area (Å²) >= 11 is 1.20. The van der Waals surface area contributed by atoms with Crippen LogP contribution in [-0.4, -0.2) is 22.0 Å². The van der Waals surface area contributed by atoms with Gasteiger partial charge in [-0.25, -0.2) is 9.37 Å². The van der Waals surface area contributed by atoms with E-state index in [1.54, 1.807) is 6.07 Å². The first-order valence-corrected chi connectivity index (χ1v) is 8.44. The Labute approximate surface area is 135 Å². The van der Waals surface area contributed by atoms with E-state index in [-0.39, 0.29) is 23.6 Å². The van der Waals surface area contributed by atoms with Crippen LogP contribution in [0.3, 0.4) is 0 Å². The fourth-order valence-corrected chi connectivity index (χ4v) is 5.06. The Bertz CT molecular complexity index is 806. The highest BCUT2D eigenvalue weighted by Gasteiger charge is 2.54. The molecule has 7 heteroatoms. The van der Waals surface area contributed by atoms with E-state index in [1.807, 2.05) is 0 Å². The fraction of sp³-hybridized carbons (Fsp3) is 0.438. The Morgan fingerprint density at radius 2 is 2.00 bits per heavy atom. The molecule has 0 unspecified atom stereocenters. The molecule has 0 saturated heterocycles. The Morgan fingerprint density at radius 1 is 1.26 bits per heavy atom. The van der Waals surface area contributed by atoms with Crippen molar-refractivity contribution in [3.63, 3.8) is 0 Å². The third-order valence-electron chi connectivity index (χ3n) is 5.08. The topological polar surface area (TPSA) is 79.3 Å². The molecule has 2 N–H and O–H groups in total. The standard InChI is InChI=1S/C16H15FN2O3S/c17-9-3-4-10-11(6-9)23-16(18-10)19-14(20)12-7-1-2-8(5-7)13(12)15(21)22/h3-4,6-8,12-13H,1-2,5H2,(H,21,22)(H,18,19,20)/t7-,8+,12+,13+/m1/s1. The second-order valence-corrected chi connectivity index (χ2v) is 7.37. The van der Waals surface area contributed by atoms with Gasteiger partial charge in [-0.15, -0.1) is 0 Å². The van der Waals surface area contributed by atoms with Gasteiger partial charge in [0.25, 0.3) is 0 Å². The molecule has 2 saturated carbocycles. The lowest BCUT2D eigenvalue weighted by molar-refractivity contribution is -0.148. The van der Waals surface area contributed by atoms with Gasteiger partial charge in [0.05, 0.1) is 22.1 Å². The largest absolute Gasteiger partial charge is 0.481 e. The molecule has 5 nitrogen and oxygen atoms in total. The van der Waals surface area contributed by atoms with Crippen LogP contribution >= 0.6 is 11.3 Å². The number of hydrogen-bond donors (Lipinski definition) is 2.